The van der Waals surface area contributed by atoms with E-state index in [0.29, 0.717) is 24.1 Å². The van der Waals surface area contributed by atoms with Crippen LogP contribution in [0.5, 0.6) is 0 Å². The van der Waals surface area contributed by atoms with Crippen molar-refractivity contribution in [3.8, 4) is 0 Å². The molecule has 5 nitrogen and oxygen atoms in total. The molecule has 2 heterocycles. The van der Waals surface area contributed by atoms with Gasteiger partial charge in [-0.15, -0.1) is 11.8 Å². The summed E-state index contributed by atoms with van der Waals surface area (Å²) in [5, 5.41) is 12.9. The van der Waals surface area contributed by atoms with Crippen LogP contribution in [0.4, 0.5) is 18.9 Å². The molecule has 0 aliphatic carbocycles. The van der Waals surface area contributed by atoms with E-state index in [-0.39, 0.29) is 11.5 Å². The minimum Gasteiger partial charge on any atom is -0.381 e. The van der Waals surface area contributed by atoms with Crippen molar-refractivity contribution in [2.45, 2.75) is 67.5 Å². The zero-order chi connectivity index (χ0) is 26.3. The smallest absolute Gasteiger partial charge is 0.381 e. The summed E-state index contributed by atoms with van der Waals surface area (Å²) in [6.45, 7) is 4.20. The molecular formula is C28H35F3N2O3S. The van der Waals surface area contributed by atoms with Crippen molar-refractivity contribution >= 4 is 23.4 Å². The minimum absolute atomic E-state index is 0.0536. The molecule has 0 aromatic heterocycles. The second-order valence-corrected chi connectivity index (χ2v) is 11.3. The predicted octanol–water partition coefficient (Wildman–Crippen LogP) is 6.18. The van der Waals surface area contributed by atoms with Crippen molar-refractivity contribution < 1.29 is 27.8 Å². The number of carbonyl (C=O) groups excluding carboxylic acids is 1. The molecule has 2 atom stereocenters. The molecule has 2 N–H and O–H groups in total. The summed E-state index contributed by atoms with van der Waals surface area (Å²) in [7, 11) is 0. The molecular weight excluding hydrogens is 501 g/mol. The van der Waals surface area contributed by atoms with Gasteiger partial charge in [-0.3, -0.25) is 9.69 Å². The number of amides is 1. The summed E-state index contributed by atoms with van der Waals surface area (Å²) in [5.74, 6) is 0.655. The number of piperidine rings is 1. The molecule has 2 fully saturated rings. The van der Waals surface area contributed by atoms with Crippen LogP contribution < -0.4 is 5.32 Å². The number of hydrogen-bond donors (Lipinski definition) is 2. The maximum Gasteiger partial charge on any atom is 0.418 e. The number of benzene rings is 2. The molecule has 0 radical (unpaired) electrons. The van der Waals surface area contributed by atoms with Crippen molar-refractivity contribution in [1.82, 2.24) is 4.90 Å². The number of aliphatic hydroxyl groups is 1. The van der Waals surface area contributed by atoms with E-state index in [1.165, 1.54) is 17.0 Å². The van der Waals surface area contributed by atoms with E-state index in [4.69, 9.17) is 4.74 Å². The molecule has 0 unspecified atom stereocenters. The van der Waals surface area contributed by atoms with Gasteiger partial charge in [0, 0.05) is 42.0 Å². The second kappa shape index (κ2) is 13.1. The number of thioether (sulfide) groups is 1. The Morgan fingerprint density at radius 2 is 1.78 bits per heavy atom. The van der Waals surface area contributed by atoms with Gasteiger partial charge in [-0.25, -0.2) is 0 Å². The van der Waals surface area contributed by atoms with Crippen LogP contribution >= 0.6 is 11.8 Å². The van der Waals surface area contributed by atoms with Crippen LogP contribution in [0.2, 0.25) is 0 Å². The van der Waals surface area contributed by atoms with Gasteiger partial charge in [0.2, 0.25) is 5.91 Å². The lowest BCUT2D eigenvalue weighted by Crippen LogP contribution is -2.34. The van der Waals surface area contributed by atoms with Crippen LogP contribution in [0.15, 0.2) is 53.4 Å². The summed E-state index contributed by atoms with van der Waals surface area (Å²) in [4.78, 5) is 15.7. The van der Waals surface area contributed by atoms with E-state index in [0.717, 1.165) is 69.7 Å². The standard InChI is InChI=1S/C28H35F3N2O3S/c29-28(30,31)27(35)22-6-4-20(5-7-22)18-33-15-12-25(13-16-33)37-24-10-8-23(9-11-24)32-26(34)3-1-2-21-14-17-36-19-21/h4-11,21,25,27,35H,1-3,12-19H2,(H,32,34)/t21-,27+/m0/s1. The zero-order valence-electron chi connectivity index (χ0n) is 20.9. The lowest BCUT2D eigenvalue weighted by Gasteiger charge is -2.31. The van der Waals surface area contributed by atoms with Crippen LogP contribution in [0.3, 0.4) is 0 Å². The molecule has 202 valence electrons. The molecule has 37 heavy (non-hydrogen) atoms. The molecule has 2 saturated heterocycles. The maximum atomic E-state index is 12.7. The first-order valence-electron chi connectivity index (χ1n) is 13.0. The van der Waals surface area contributed by atoms with Crippen molar-refractivity contribution in [2.75, 3.05) is 31.6 Å². The number of halogens is 3. The Morgan fingerprint density at radius 3 is 2.41 bits per heavy atom. The van der Waals surface area contributed by atoms with Crippen LogP contribution in [-0.4, -0.2) is 53.6 Å². The highest BCUT2D eigenvalue weighted by molar-refractivity contribution is 8.00. The monoisotopic (exact) mass is 536 g/mol. The van der Waals surface area contributed by atoms with Crippen molar-refractivity contribution in [3.05, 3.63) is 59.7 Å². The maximum absolute atomic E-state index is 12.7. The van der Waals surface area contributed by atoms with Crippen LogP contribution in [0.1, 0.15) is 55.8 Å². The number of anilines is 1. The predicted molar refractivity (Wildman–Crippen MR) is 139 cm³/mol. The van der Waals surface area contributed by atoms with E-state index >= 15 is 0 Å². The Bertz CT molecular complexity index is 987. The van der Waals surface area contributed by atoms with E-state index in [2.05, 4.69) is 22.3 Å². The number of likely N-dealkylation sites (tertiary alicyclic amines) is 1. The fourth-order valence-corrected chi connectivity index (χ4v) is 5.96. The summed E-state index contributed by atoms with van der Waals surface area (Å²) < 4.78 is 43.4. The highest BCUT2D eigenvalue weighted by atomic mass is 32.2. The summed E-state index contributed by atoms with van der Waals surface area (Å²) in [5.41, 5.74) is 1.63. The normalized spacial score (nSPS) is 20.2. The van der Waals surface area contributed by atoms with Gasteiger partial charge in [0.25, 0.3) is 0 Å². The Labute approximate surface area is 220 Å². The van der Waals surface area contributed by atoms with Gasteiger partial charge in [0.1, 0.15) is 0 Å². The topological polar surface area (TPSA) is 61.8 Å². The van der Waals surface area contributed by atoms with Gasteiger partial charge in [0.15, 0.2) is 6.10 Å². The van der Waals surface area contributed by atoms with Gasteiger partial charge >= 0.3 is 6.18 Å². The SMILES string of the molecule is O=C(CCC[C@H]1CCOC1)Nc1ccc(SC2CCN(Cc3ccc([C@@H](O)C(F)(F)F)cc3)CC2)cc1. The molecule has 2 aromatic carbocycles. The second-order valence-electron chi connectivity index (χ2n) is 9.97. The number of alkyl halides is 3. The molecule has 2 aliphatic heterocycles. The molecule has 1 amide bonds. The fourth-order valence-electron chi connectivity index (χ4n) is 4.83. The first-order chi connectivity index (χ1) is 17.8. The third kappa shape index (κ3) is 8.74. The Morgan fingerprint density at radius 1 is 1.08 bits per heavy atom. The highest BCUT2D eigenvalue weighted by Crippen LogP contribution is 2.33. The van der Waals surface area contributed by atoms with Gasteiger partial charge < -0.3 is 15.2 Å². The third-order valence-electron chi connectivity index (χ3n) is 7.03. The molecule has 0 bridgehead atoms. The van der Waals surface area contributed by atoms with Crippen LogP contribution in [0.25, 0.3) is 0 Å². The number of rotatable bonds is 10. The number of nitrogens with one attached hydrogen (secondary N) is 1. The third-order valence-corrected chi connectivity index (χ3v) is 8.38. The van der Waals surface area contributed by atoms with E-state index in [1.54, 1.807) is 12.1 Å². The zero-order valence-corrected chi connectivity index (χ0v) is 21.7. The van der Waals surface area contributed by atoms with Crippen molar-refractivity contribution in [3.63, 3.8) is 0 Å². The van der Waals surface area contributed by atoms with Gasteiger partial charge in [0.05, 0.1) is 0 Å². The highest BCUT2D eigenvalue weighted by Gasteiger charge is 2.39. The Balaban J connectivity index is 1.15. The van der Waals surface area contributed by atoms with E-state index < -0.39 is 12.3 Å². The molecule has 2 aliphatic rings. The minimum atomic E-state index is -4.65. The number of carbonyl (C=O) groups is 1. The lowest BCUT2D eigenvalue weighted by atomic mass is 10.0. The summed E-state index contributed by atoms with van der Waals surface area (Å²) >= 11 is 1.85. The van der Waals surface area contributed by atoms with E-state index in [9.17, 15) is 23.1 Å². The largest absolute Gasteiger partial charge is 0.418 e. The molecule has 0 saturated carbocycles. The quantitative estimate of drug-likeness (QED) is 0.380. The number of hydrogen-bond acceptors (Lipinski definition) is 5. The average molecular weight is 537 g/mol. The molecule has 2 aromatic rings. The Hall–Kier alpha value is -2.07. The van der Waals surface area contributed by atoms with Gasteiger partial charge in [-0.1, -0.05) is 24.3 Å². The number of ether oxygens (including phenoxy) is 1. The van der Waals surface area contributed by atoms with Crippen LogP contribution in [0, 0.1) is 5.92 Å². The van der Waals surface area contributed by atoms with E-state index in [1.807, 2.05) is 23.9 Å². The number of nitrogens with zero attached hydrogens (tertiary/aromatic N) is 1. The summed E-state index contributed by atoms with van der Waals surface area (Å²) in [6, 6.07) is 14.1. The van der Waals surface area contributed by atoms with Crippen molar-refractivity contribution in [1.29, 1.82) is 0 Å². The summed E-state index contributed by atoms with van der Waals surface area (Å²) in [6.07, 6.45) is -1.47. The molecule has 0 spiro atoms. The van der Waals surface area contributed by atoms with Crippen LogP contribution in [-0.2, 0) is 16.1 Å². The Kier molecular flexibility index (Phi) is 9.92. The van der Waals surface area contributed by atoms with Crippen molar-refractivity contribution in [2.24, 2.45) is 5.92 Å². The van der Waals surface area contributed by atoms with Gasteiger partial charge in [-0.2, -0.15) is 13.2 Å². The first kappa shape index (κ1) is 28.0. The first-order valence-corrected chi connectivity index (χ1v) is 13.8. The average Bonchev–Trinajstić information content (AvgIpc) is 3.39. The fraction of sp³-hybridized carbons (Fsp3) is 0.536. The molecule has 9 heteroatoms. The molecule has 4 rings (SSSR count). The number of aliphatic hydroxyl groups excluding tert-OH is 1. The van der Waals surface area contributed by atoms with Gasteiger partial charge in [-0.05, 0) is 86.5 Å². The lowest BCUT2D eigenvalue weighted by molar-refractivity contribution is -0.206.